The molecule has 1 aliphatic rings. The van der Waals surface area contributed by atoms with Crippen LogP contribution in [0.5, 0.6) is 5.88 Å². The highest BCUT2D eigenvalue weighted by Crippen LogP contribution is 2.30. The standard InChI is InChI=1S/C22H25N5O4/c1-30-14-22(9-3-4-10-22)25-20(29)15-7-8-18(24-13-15)27-19(28)12-17(26-27)16-6-5-11-23-21(16)31-2/h5-8,11-13,26H,3-4,9-10,14H2,1-2H3,(H,25,29). The number of hydrogen-bond donors (Lipinski definition) is 2. The van der Waals surface area contributed by atoms with Gasteiger partial charge < -0.3 is 14.8 Å². The average Bonchev–Trinajstić information content (AvgIpc) is 3.40. The van der Waals surface area contributed by atoms with Crippen LogP contribution in [0.2, 0.25) is 0 Å². The van der Waals surface area contributed by atoms with Crippen LogP contribution in [0, 0.1) is 0 Å². The summed E-state index contributed by atoms with van der Waals surface area (Å²) in [5.74, 6) is 0.591. The lowest BCUT2D eigenvalue weighted by molar-refractivity contribution is 0.0767. The molecule has 0 aromatic carbocycles. The average molecular weight is 423 g/mol. The van der Waals surface area contributed by atoms with Gasteiger partial charge in [-0.15, -0.1) is 0 Å². The van der Waals surface area contributed by atoms with E-state index in [1.54, 1.807) is 37.6 Å². The Morgan fingerprint density at radius 3 is 2.71 bits per heavy atom. The van der Waals surface area contributed by atoms with Gasteiger partial charge in [0, 0.05) is 25.6 Å². The van der Waals surface area contributed by atoms with E-state index in [1.807, 2.05) is 0 Å². The zero-order chi connectivity index (χ0) is 21.8. The van der Waals surface area contributed by atoms with Crippen LogP contribution in [0.15, 0.2) is 47.5 Å². The highest BCUT2D eigenvalue weighted by molar-refractivity contribution is 5.94. The summed E-state index contributed by atoms with van der Waals surface area (Å²) >= 11 is 0. The third-order valence-corrected chi connectivity index (χ3v) is 5.57. The Morgan fingerprint density at radius 2 is 2.03 bits per heavy atom. The molecule has 162 valence electrons. The second-order valence-electron chi connectivity index (χ2n) is 7.68. The van der Waals surface area contributed by atoms with Crippen molar-refractivity contribution in [2.24, 2.45) is 0 Å². The summed E-state index contributed by atoms with van der Waals surface area (Å²) in [6.45, 7) is 0.489. The molecule has 3 aromatic heterocycles. The smallest absolute Gasteiger partial charge is 0.273 e. The number of hydrogen-bond acceptors (Lipinski definition) is 6. The predicted molar refractivity (Wildman–Crippen MR) is 115 cm³/mol. The molecule has 1 amide bonds. The number of rotatable bonds is 7. The number of ether oxygens (including phenoxy) is 2. The number of carbonyl (C=O) groups is 1. The first kappa shape index (κ1) is 20.8. The predicted octanol–water partition coefficient (Wildman–Crippen LogP) is 2.32. The fourth-order valence-electron chi connectivity index (χ4n) is 4.06. The number of pyridine rings is 2. The van der Waals surface area contributed by atoms with Crippen LogP contribution in [0.4, 0.5) is 0 Å². The molecule has 0 saturated heterocycles. The summed E-state index contributed by atoms with van der Waals surface area (Å²) in [5.41, 5.74) is 1.05. The minimum atomic E-state index is -0.321. The zero-order valence-corrected chi connectivity index (χ0v) is 17.6. The van der Waals surface area contributed by atoms with E-state index < -0.39 is 0 Å². The molecule has 31 heavy (non-hydrogen) atoms. The summed E-state index contributed by atoms with van der Waals surface area (Å²) in [6.07, 6.45) is 7.02. The topological polar surface area (TPSA) is 111 Å². The quantitative estimate of drug-likeness (QED) is 0.603. The van der Waals surface area contributed by atoms with Gasteiger partial charge >= 0.3 is 0 Å². The summed E-state index contributed by atoms with van der Waals surface area (Å²) in [5, 5.41) is 6.14. The van der Waals surface area contributed by atoms with Crippen LogP contribution in [-0.2, 0) is 4.74 Å². The highest BCUT2D eigenvalue weighted by Gasteiger charge is 2.35. The molecular formula is C22H25N5O4. The SMILES string of the molecule is COCC1(NC(=O)c2ccc(-n3[nH]c(-c4cccnc4OC)cc3=O)nc2)CCCC1. The summed E-state index contributed by atoms with van der Waals surface area (Å²) < 4.78 is 11.9. The fourth-order valence-corrected chi connectivity index (χ4v) is 4.06. The molecule has 1 aliphatic carbocycles. The maximum absolute atomic E-state index is 12.8. The maximum atomic E-state index is 12.8. The van der Waals surface area contributed by atoms with Gasteiger partial charge in [-0.05, 0) is 37.1 Å². The molecule has 0 aliphatic heterocycles. The van der Waals surface area contributed by atoms with Gasteiger partial charge in [0.25, 0.3) is 11.5 Å². The Hall–Kier alpha value is -3.46. The number of amides is 1. The first-order valence-corrected chi connectivity index (χ1v) is 10.1. The summed E-state index contributed by atoms with van der Waals surface area (Å²) in [7, 11) is 3.17. The van der Waals surface area contributed by atoms with Crippen LogP contribution in [0.25, 0.3) is 17.1 Å². The number of aromatic nitrogens is 4. The molecule has 0 atom stereocenters. The van der Waals surface area contributed by atoms with Crippen molar-refractivity contribution in [2.75, 3.05) is 20.8 Å². The molecule has 9 heteroatoms. The number of nitrogens with one attached hydrogen (secondary N) is 2. The van der Waals surface area contributed by atoms with Crippen molar-refractivity contribution in [1.82, 2.24) is 25.1 Å². The number of nitrogens with zero attached hydrogens (tertiary/aromatic N) is 3. The Kier molecular flexibility index (Phi) is 5.85. The minimum Gasteiger partial charge on any atom is -0.481 e. The molecule has 9 nitrogen and oxygen atoms in total. The number of methoxy groups -OCH3 is 2. The van der Waals surface area contributed by atoms with Gasteiger partial charge in [0.15, 0.2) is 5.82 Å². The van der Waals surface area contributed by atoms with E-state index in [4.69, 9.17) is 9.47 Å². The lowest BCUT2D eigenvalue weighted by Gasteiger charge is -2.29. The molecule has 0 spiro atoms. The van der Waals surface area contributed by atoms with Crippen LogP contribution in [-0.4, -0.2) is 52.0 Å². The lowest BCUT2D eigenvalue weighted by atomic mass is 9.98. The second kappa shape index (κ2) is 8.73. The molecule has 1 saturated carbocycles. The lowest BCUT2D eigenvalue weighted by Crippen LogP contribution is -2.49. The summed E-state index contributed by atoms with van der Waals surface area (Å²) in [4.78, 5) is 33.7. The molecule has 1 fully saturated rings. The molecule has 2 N–H and O–H groups in total. The van der Waals surface area contributed by atoms with Crippen LogP contribution < -0.4 is 15.6 Å². The number of aromatic amines is 1. The van der Waals surface area contributed by atoms with E-state index in [0.29, 0.717) is 35.1 Å². The van der Waals surface area contributed by atoms with Crippen LogP contribution >= 0.6 is 0 Å². The van der Waals surface area contributed by atoms with Crippen molar-refractivity contribution < 1.29 is 14.3 Å². The van der Waals surface area contributed by atoms with Gasteiger partial charge in [-0.1, -0.05) is 12.8 Å². The fraction of sp³-hybridized carbons (Fsp3) is 0.364. The van der Waals surface area contributed by atoms with E-state index in [-0.39, 0.29) is 17.0 Å². The molecule has 3 heterocycles. The number of carbonyl (C=O) groups excluding carboxylic acids is 1. The Balaban J connectivity index is 1.55. The maximum Gasteiger partial charge on any atom is 0.273 e. The first-order chi connectivity index (χ1) is 15.0. The van der Waals surface area contributed by atoms with E-state index in [0.717, 1.165) is 25.7 Å². The Morgan fingerprint density at radius 1 is 1.23 bits per heavy atom. The van der Waals surface area contributed by atoms with Crippen molar-refractivity contribution in [3.8, 4) is 23.0 Å². The van der Waals surface area contributed by atoms with Gasteiger partial charge in [0.2, 0.25) is 5.88 Å². The van der Waals surface area contributed by atoms with Crippen molar-refractivity contribution in [3.63, 3.8) is 0 Å². The third-order valence-electron chi connectivity index (χ3n) is 5.57. The Bertz CT molecular complexity index is 1110. The molecule has 0 bridgehead atoms. The second-order valence-corrected chi connectivity index (χ2v) is 7.68. The molecular weight excluding hydrogens is 398 g/mol. The van der Waals surface area contributed by atoms with Crippen molar-refractivity contribution in [1.29, 1.82) is 0 Å². The van der Waals surface area contributed by atoms with E-state index in [1.165, 1.54) is 24.1 Å². The van der Waals surface area contributed by atoms with Gasteiger partial charge in [-0.2, -0.15) is 0 Å². The monoisotopic (exact) mass is 423 g/mol. The molecule has 0 unspecified atom stereocenters. The number of H-pyrrole nitrogens is 1. The van der Waals surface area contributed by atoms with Crippen molar-refractivity contribution >= 4 is 5.91 Å². The zero-order valence-electron chi connectivity index (χ0n) is 17.6. The largest absolute Gasteiger partial charge is 0.481 e. The Labute approximate surface area is 179 Å². The van der Waals surface area contributed by atoms with Crippen LogP contribution in [0.3, 0.4) is 0 Å². The van der Waals surface area contributed by atoms with Gasteiger partial charge in [-0.25, -0.2) is 14.6 Å². The highest BCUT2D eigenvalue weighted by atomic mass is 16.5. The van der Waals surface area contributed by atoms with Crippen LogP contribution in [0.1, 0.15) is 36.0 Å². The van der Waals surface area contributed by atoms with Crippen molar-refractivity contribution in [3.05, 3.63) is 58.6 Å². The third kappa shape index (κ3) is 4.22. The van der Waals surface area contributed by atoms with Gasteiger partial charge in [0.1, 0.15) is 0 Å². The molecule has 0 radical (unpaired) electrons. The van der Waals surface area contributed by atoms with E-state index in [2.05, 4.69) is 20.4 Å². The molecule has 4 rings (SSSR count). The minimum absolute atomic E-state index is 0.197. The van der Waals surface area contributed by atoms with E-state index in [9.17, 15) is 9.59 Å². The summed E-state index contributed by atoms with van der Waals surface area (Å²) in [6, 6.07) is 8.32. The van der Waals surface area contributed by atoms with Gasteiger partial charge in [0.05, 0.1) is 36.1 Å². The van der Waals surface area contributed by atoms with E-state index >= 15 is 0 Å². The van der Waals surface area contributed by atoms with Gasteiger partial charge in [-0.3, -0.25) is 14.7 Å². The normalized spacial score (nSPS) is 15.0. The molecule has 3 aromatic rings. The van der Waals surface area contributed by atoms with Crippen molar-refractivity contribution in [2.45, 2.75) is 31.2 Å². The first-order valence-electron chi connectivity index (χ1n) is 10.1.